The Morgan fingerprint density at radius 3 is 2.74 bits per heavy atom. The van der Waals surface area contributed by atoms with Crippen molar-refractivity contribution in [2.75, 3.05) is 32.5 Å². The van der Waals surface area contributed by atoms with E-state index in [0.717, 1.165) is 39.1 Å². The summed E-state index contributed by atoms with van der Waals surface area (Å²) < 4.78 is 1.79. The Bertz CT molecular complexity index is 932. The van der Waals surface area contributed by atoms with E-state index in [0.29, 0.717) is 5.39 Å². The standard InChI is InChI=1S/C18H20N2O2S/c1-11-4-7-14(19-8-9-20(2)3)16-17(22)13-6-5-12(21)10-15(13)23-18(11)16/h4-7,10,19,21H,8-9H2,1-3H3. The summed E-state index contributed by atoms with van der Waals surface area (Å²) in [4.78, 5) is 15.0. The van der Waals surface area contributed by atoms with E-state index in [-0.39, 0.29) is 11.2 Å². The lowest BCUT2D eigenvalue weighted by atomic mass is 10.1. The molecule has 1 aromatic heterocycles. The summed E-state index contributed by atoms with van der Waals surface area (Å²) in [5, 5.41) is 14.4. The summed E-state index contributed by atoms with van der Waals surface area (Å²) >= 11 is 1.55. The number of benzene rings is 2. The van der Waals surface area contributed by atoms with Crippen molar-refractivity contribution in [2.24, 2.45) is 0 Å². The van der Waals surface area contributed by atoms with Gasteiger partial charge in [-0.25, -0.2) is 0 Å². The number of fused-ring (bicyclic) bond motifs is 2. The number of nitrogens with zero attached hydrogens (tertiary/aromatic N) is 1. The van der Waals surface area contributed by atoms with Crippen LogP contribution in [-0.4, -0.2) is 37.2 Å². The van der Waals surface area contributed by atoms with Gasteiger partial charge in [-0.1, -0.05) is 6.07 Å². The van der Waals surface area contributed by atoms with Gasteiger partial charge in [0.05, 0.1) is 5.39 Å². The third kappa shape index (κ3) is 3.02. The van der Waals surface area contributed by atoms with E-state index >= 15 is 0 Å². The highest BCUT2D eigenvalue weighted by Crippen LogP contribution is 2.32. The SMILES string of the molecule is Cc1ccc(NCCN(C)C)c2c(=O)c3ccc(O)cc3sc12. The van der Waals surface area contributed by atoms with Crippen LogP contribution in [0.3, 0.4) is 0 Å². The van der Waals surface area contributed by atoms with Crippen LogP contribution in [0.2, 0.25) is 0 Å². The number of phenols is 1. The molecule has 0 aliphatic rings. The average Bonchev–Trinajstić information content (AvgIpc) is 2.49. The van der Waals surface area contributed by atoms with Crippen molar-refractivity contribution in [3.8, 4) is 5.75 Å². The van der Waals surface area contributed by atoms with Crippen LogP contribution in [-0.2, 0) is 0 Å². The van der Waals surface area contributed by atoms with E-state index in [1.54, 1.807) is 29.5 Å². The molecule has 0 atom stereocenters. The highest BCUT2D eigenvalue weighted by Gasteiger charge is 2.12. The minimum absolute atomic E-state index is 0.0183. The average molecular weight is 328 g/mol. The molecule has 0 spiro atoms. The molecule has 0 bridgehead atoms. The van der Waals surface area contributed by atoms with Crippen molar-refractivity contribution in [1.29, 1.82) is 0 Å². The van der Waals surface area contributed by atoms with Gasteiger partial charge in [0.1, 0.15) is 5.75 Å². The predicted octanol–water partition coefficient (Wildman–Crippen LogP) is 3.40. The van der Waals surface area contributed by atoms with Crippen molar-refractivity contribution in [3.63, 3.8) is 0 Å². The number of aromatic hydroxyl groups is 1. The van der Waals surface area contributed by atoms with Crippen LogP contribution in [0.4, 0.5) is 5.69 Å². The Balaban J connectivity index is 2.21. The second-order valence-corrected chi connectivity index (χ2v) is 7.03. The summed E-state index contributed by atoms with van der Waals surface area (Å²) in [6.07, 6.45) is 0. The maximum Gasteiger partial charge on any atom is 0.197 e. The van der Waals surface area contributed by atoms with Crippen LogP contribution in [0.1, 0.15) is 5.56 Å². The largest absolute Gasteiger partial charge is 0.508 e. The maximum atomic E-state index is 12.9. The lowest BCUT2D eigenvalue weighted by molar-refractivity contribution is 0.425. The molecule has 0 amide bonds. The number of likely N-dealkylation sites (N-methyl/N-ethyl adjacent to an activating group) is 1. The van der Waals surface area contributed by atoms with Gasteiger partial charge in [0, 0.05) is 33.6 Å². The molecule has 3 rings (SSSR count). The molecule has 0 unspecified atom stereocenters. The zero-order chi connectivity index (χ0) is 16.6. The molecule has 23 heavy (non-hydrogen) atoms. The molecule has 5 heteroatoms. The molecule has 0 aliphatic heterocycles. The first-order valence-corrected chi connectivity index (χ1v) is 8.37. The number of aryl methyl sites for hydroxylation is 1. The molecule has 3 aromatic rings. The molecule has 2 N–H and O–H groups in total. The van der Waals surface area contributed by atoms with Gasteiger partial charge in [-0.2, -0.15) is 0 Å². The Labute approximate surface area is 139 Å². The van der Waals surface area contributed by atoms with Gasteiger partial charge in [-0.15, -0.1) is 11.3 Å². The van der Waals surface area contributed by atoms with Gasteiger partial charge in [-0.05, 0) is 50.8 Å². The number of hydrogen-bond acceptors (Lipinski definition) is 5. The molecule has 4 nitrogen and oxygen atoms in total. The molecule has 0 aliphatic carbocycles. The smallest absolute Gasteiger partial charge is 0.197 e. The number of hydrogen-bond donors (Lipinski definition) is 2. The van der Waals surface area contributed by atoms with E-state index in [4.69, 9.17) is 0 Å². The summed E-state index contributed by atoms with van der Waals surface area (Å²) in [5.74, 6) is 0.186. The first kappa shape index (κ1) is 15.8. The fraction of sp³-hybridized carbons (Fsp3) is 0.278. The highest BCUT2D eigenvalue weighted by atomic mass is 32.1. The molecule has 0 fully saturated rings. The van der Waals surface area contributed by atoms with Gasteiger partial charge in [0.15, 0.2) is 5.43 Å². The predicted molar refractivity (Wildman–Crippen MR) is 99.0 cm³/mol. The topological polar surface area (TPSA) is 52.6 Å². The number of rotatable bonds is 4. The van der Waals surface area contributed by atoms with E-state index in [1.807, 2.05) is 33.2 Å². The Hall–Kier alpha value is -2.11. The minimum Gasteiger partial charge on any atom is -0.508 e. The Morgan fingerprint density at radius 2 is 2.00 bits per heavy atom. The van der Waals surface area contributed by atoms with Crippen molar-refractivity contribution in [1.82, 2.24) is 4.90 Å². The second-order valence-electron chi connectivity index (χ2n) is 5.98. The molecular weight excluding hydrogens is 308 g/mol. The zero-order valence-electron chi connectivity index (χ0n) is 13.5. The van der Waals surface area contributed by atoms with Crippen LogP contribution >= 0.6 is 11.3 Å². The van der Waals surface area contributed by atoms with Crippen molar-refractivity contribution in [2.45, 2.75) is 6.92 Å². The van der Waals surface area contributed by atoms with Gasteiger partial charge in [0.25, 0.3) is 0 Å². The third-order valence-corrected chi connectivity index (χ3v) is 5.17. The number of phenolic OH excluding ortho intramolecular Hbond substituents is 1. The van der Waals surface area contributed by atoms with E-state index < -0.39 is 0 Å². The first-order chi connectivity index (χ1) is 11.0. The van der Waals surface area contributed by atoms with Gasteiger partial charge in [-0.3, -0.25) is 4.79 Å². The van der Waals surface area contributed by atoms with Crippen LogP contribution in [0.15, 0.2) is 35.1 Å². The van der Waals surface area contributed by atoms with Crippen LogP contribution in [0.25, 0.3) is 20.2 Å². The van der Waals surface area contributed by atoms with Crippen molar-refractivity contribution in [3.05, 3.63) is 46.1 Å². The fourth-order valence-electron chi connectivity index (χ4n) is 2.63. The molecule has 120 valence electrons. The monoisotopic (exact) mass is 328 g/mol. The lowest BCUT2D eigenvalue weighted by Crippen LogP contribution is -2.21. The van der Waals surface area contributed by atoms with Crippen LogP contribution in [0, 0.1) is 6.92 Å². The van der Waals surface area contributed by atoms with Crippen LogP contribution < -0.4 is 10.7 Å². The highest BCUT2D eigenvalue weighted by molar-refractivity contribution is 7.24. The summed E-state index contributed by atoms with van der Waals surface area (Å²) in [5.41, 5.74) is 1.97. The van der Waals surface area contributed by atoms with Gasteiger partial charge in [0.2, 0.25) is 0 Å². The Kier molecular flexibility index (Phi) is 4.24. The zero-order valence-corrected chi connectivity index (χ0v) is 14.3. The molecule has 0 saturated carbocycles. The van der Waals surface area contributed by atoms with E-state index in [9.17, 15) is 9.90 Å². The summed E-state index contributed by atoms with van der Waals surface area (Å²) in [6, 6.07) is 8.94. The number of nitrogens with one attached hydrogen (secondary N) is 1. The first-order valence-electron chi connectivity index (χ1n) is 7.55. The number of anilines is 1. The normalized spacial score (nSPS) is 11.5. The van der Waals surface area contributed by atoms with Crippen molar-refractivity contribution >= 4 is 37.2 Å². The summed E-state index contributed by atoms with van der Waals surface area (Å²) in [6.45, 7) is 3.69. The van der Waals surface area contributed by atoms with Crippen molar-refractivity contribution < 1.29 is 5.11 Å². The van der Waals surface area contributed by atoms with Gasteiger partial charge < -0.3 is 15.3 Å². The molecule has 0 radical (unpaired) electrons. The third-order valence-electron chi connectivity index (χ3n) is 3.88. The molecule has 1 heterocycles. The quantitative estimate of drug-likeness (QED) is 0.721. The maximum absolute atomic E-state index is 12.9. The minimum atomic E-state index is 0.0183. The second kappa shape index (κ2) is 6.18. The van der Waals surface area contributed by atoms with Crippen LogP contribution in [0.5, 0.6) is 5.75 Å². The van der Waals surface area contributed by atoms with Gasteiger partial charge >= 0.3 is 0 Å². The Morgan fingerprint density at radius 1 is 1.22 bits per heavy atom. The van der Waals surface area contributed by atoms with E-state index in [1.165, 1.54) is 0 Å². The molecule has 2 aromatic carbocycles. The van der Waals surface area contributed by atoms with E-state index in [2.05, 4.69) is 10.2 Å². The summed E-state index contributed by atoms with van der Waals surface area (Å²) in [7, 11) is 4.05. The molecule has 0 saturated heterocycles. The molecular formula is C18H20N2O2S. The lowest BCUT2D eigenvalue weighted by Gasteiger charge is -2.14. The fourth-order valence-corrected chi connectivity index (χ4v) is 3.84.